The molecule has 2 N–H and O–H groups in total. The fourth-order valence-corrected chi connectivity index (χ4v) is 3.68. The van der Waals surface area contributed by atoms with Crippen molar-refractivity contribution < 1.29 is 13.2 Å². The predicted octanol–water partition coefficient (Wildman–Crippen LogP) is 2.78. The number of sulfone groups is 1. The minimum Gasteiger partial charge on any atom is -0.496 e. The minimum absolute atomic E-state index is 0.107. The van der Waals surface area contributed by atoms with Crippen molar-refractivity contribution in [3.8, 4) is 5.75 Å². The van der Waals surface area contributed by atoms with Crippen molar-refractivity contribution in [2.45, 2.75) is 17.2 Å². The van der Waals surface area contributed by atoms with E-state index in [0.29, 0.717) is 16.3 Å². The van der Waals surface area contributed by atoms with E-state index in [-0.39, 0.29) is 17.2 Å². The van der Waals surface area contributed by atoms with Crippen LogP contribution < -0.4 is 10.5 Å². The summed E-state index contributed by atoms with van der Waals surface area (Å²) in [6.07, 6.45) is 0. The molecule has 0 aromatic heterocycles. The zero-order valence-corrected chi connectivity index (χ0v) is 13.1. The van der Waals surface area contributed by atoms with E-state index in [2.05, 4.69) is 0 Å². The van der Waals surface area contributed by atoms with Crippen molar-refractivity contribution in [1.29, 1.82) is 0 Å². The van der Waals surface area contributed by atoms with Crippen LogP contribution in [0.2, 0.25) is 5.02 Å². The Morgan fingerprint density at radius 2 is 1.95 bits per heavy atom. The van der Waals surface area contributed by atoms with Crippen molar-refractivity contribution in [3.63, 3.8) is 0 Å². The van der Waals surface area contributed by atoms with Crippen LogP contribution in [-0.2, 0) is 22.1 Å². The third-order valence-electron chi connectivity index (χ3n) is 3.08. The lowest BCUT2D eigenvalue weighted by atomic mass is 10.1. The fraction of sp³-hybridized carbons (Fsp3) is 0.200. The molecule has 2 rings (SSSR count). The van der Waals surface area contributed by atoms with Crippen LogP contribution in [0.1, 0.15) is 11.1 Å². The molecule has 0 aliphatic rings. The molecule has 112 valence electrons. The van der Waals surface area contributed by atoms with Gasteiger partial charge in [-0.15, -0.1) is 0 Å². The van der Waals surface area contributed by atoms with Gasteiger partial charge in [0.15, 0.2) is 9.84 Å². The molecule has 4 nitrogen and oxygen atoms in total. The zero-order valence-electron chi connectivity index (χ0n) is 11.5. The van der Waals surface area contributed by atoms with Gasteiger partial charge in [0.2, 0.25) is 0 Å². The number of hydrogen-bond donors (Lipinski definition) is 1. The van der Waals surface area contributed by atoms with Crippen molar-refractivity contribution in [1.82, 2.24) is 0 Å². The first-order valence-electron chi connectivity index (χ1n) is 6.30. The first-order valence-corrected chi connectivity index (χ1v) is 8.33. The van der Waals surface area contributed by atoms with Gasteiger partial charge in [-0.05, 0) is 35.9 Å². The molecular weight excluding hydrogens is 310 g/mol. The molecule has 0 fully saturated rings. The standard InChI is InChI=1S/C15H16ClNO3S/c1-20-15-6-5-11(7-12(15)9-17)10-21(18,19)14-4-2-3-13(16)8-14/h2-8H,9-10,17H2,1H3. The number of nitrogens with two attached hydrogens (primary N) is 1. The largest absolute Gasteiger partial charge is 0.496 e. The van der Waals surface area contributed by atoms with Gasteiger partial charge < -0.3 is 10.5 Å². The Kier molecular flexibility index (Phi) is 4.88. The average Bonchev–Trinajstić information content (AvgIpc) is 2.46. The molecule has 0 unspecified atom stereocenters. The molecule has 0 amide bonds. The molecule has 2 aromatic carbocycles. The quantitative estimate of drug-likeness (QED) is 0.917. The fourth-order valence-electron chi connectivity index (χ4n) is 2.04. The van der Waals surface area contributed by atoms with E-state index < -0.39 is 9.84 Å². The van der Waals surface area contributed by atoms with Crippen LogP contribution in [0.25, 0.3) is 0 Å². The Hall–Kier alpha value is -1.56. The normalized spacial score (nSPS) is 11.4. The summed E-state index contributed by atoms with van der Waals surface area (Å²) in [7, 11) is -1.89. The lowest BCUT2D eigenvalue weighted by Gasteiger charge is -2.10. The summed E-state index contributed by atoms with van der Waals surface area (Å²) in [6, 6.07) is 11.4. The maximum Gasteiger partial charge on any atom is 0.182 e. The number of benzene rings is 2. The van der Waals surface area contributed by atoms with E-state index >= 15 is 0 Å². The van der Waals surface area contributed by atoms with E-state index in [1.54, 1.807) is 37.4 Å². The van der Waals surface area contributed by atoms with Crippen LogP contribution in [0.4, 0.5) is 0 Å². The number of hydrogen-bond acceptors (Lipinski definition) is 4. The molecule has 0 aliphatic carbocycles. The third kappa shape index (κ3) is 3.75. The lowest BCUT2D eigenvalue weighted by molar-refractivity contribution is 0.409. The molecule has 0 aliphatic heterocycles. The summed E-state index contributed by atoms with van der Waals surface area (Å²) in [6.45, 7) is 0.286. The van der Waals surface area contributed by atoms with E-state index in [0.717, 1.165) is 5.56 Å². The maximum atomic E-state index is 12.4. The molecular formula is C15H16ClNO3S. The van der Waals surface area contributed by atoms with Gasteiger partial charge in [-0.1, -0.05) is 23.7 Å². The van der Waals surface area contributed by atoms with Crippen LogP contribution in [-0.4, -0.2) is 15.5 Å². The number of ether oxygens (including phenoxy) is 1. The Balaban J connectivity index is 2.33. The summed E-state index contributed by atoms with van der Waals surface area (Å²) in [5.74, 6) is 0.547. The van der Waals surface area contributed by atoms with E-state index in [1.165, 1.54) is 12.1 Å². The SMILES string of the molecule is COc1ccc(CS(=O)(=O)c2cccc(Cl)c2)cc1CN. The van der Waals surface area contributed by atoms with Gasteiger partial charge in [-0.2, -0.15) is 0 Å². The zero-order chi connectivity index (χ0) is 15.5. The van der Waals surface area contributed by atoms with E-state index in [4.69, 9.17) is 22.1 Å². The first kappa shape index (κ1) is 15.8. The van der Waals surface area contributed by atoms with Gasteiger partial charge in [0.1, 0.15) is 5.75 Å². The summed E-state index contributed by atoms with van der Waals surface area (Å²) in [5.41, 5.74) is 7.08. The number of halogens is 1. The van der Waals surface area contributed by atoms with Gasteiger partial charge in [0.05, 0.1) is 17.8 Å². The van der Waals surface area contributed by atoms with E-state index in [9.17, 15) is 8.42 Å². The number of rotatable bonds is 5. The van der Waals surface area contributed by atoms with Crippen LogP contribution in [0.5, 0.6) is 5.75 Å². The highest BCUT2D eigenvalue weighted by molar-refractivity contribution is 7.90. The van der Waals surface area contributed by atoms with Gasteiger partial charge >= 0.3 is 0 Å². The average molecular weight is 326 g/mol. The lowest BCUT2D eigenvalue weighted by Crippen LogP contribution is -2.07. The maximum absolute atomic E-state index is 12.4. The molecule has 0 radical (unpaired) electrons. The van der Waals surface area contributed by atoms with Crippen LogP contribution >= 0.6 is 11.6 Å². The second-order valence-electron chi connectivity index (χ2n) is 4.57. The molecule has 0 atom stereocenters. The van der Waals surface area contributed by atoms with Crippen LogP contribution in [0, 0.1) is 0 Å². The first-order chi connectivity index (χ1) is 9.96. The van der Waals surface area contributed by atoms with Crippen molar-refractivity contribution in [2.75, 3.05) is 7.11 Å². The molecule has 0 spiro atoms. The highest BCUT2D eigenvalue weighted by Crippen LogP contribution is 2.24. The minimum atomic E-state index is -3.45. The highest BCUT2D eigenvalue weighted by Gasteiger charge is 2.16. The second kappa shape index (κ2) is 6.47. The topological polar surface area (TPSA) is 69.4 Å². The Morgan fingerprint density at radius 3 is 2.57 bits per heavy atom. The monoisotopic (exact) mass is 325 g/mol. The molecule has 0 bridgehead atoms. The second-order valence-corrected chi connectivity index (χ2v) is 6.99. The summed E-state index contributed by atoms with van der Waals surface area (Å²) in [4.78, 5) is 0.208. The van der Waals surface area contributed by atoms with Crippen LogP contribution in [0.15, 0.2) is 47.4 Å². The Labute approximate surface area is 129 Å². The van der Waals surface area contributed by atoms with Gasteiger partial charge in [0, 0.05) is 17.1 Å². The van der Waals surface area contributed by atoms with Crippen LogP contribution in [0.3, 0.4) is 0 Å². The molecule has 6 heteroatoms. The summed E-state index contributed by atoms with van der Waals surface area (Å²) in [5, 5.41) is 0.397. The van der Waals surface area contributed by atoms with Gasteiger partial charge in [-0.3, -0.25) is 0 Å². The smallest absolute Gasteiger partial charge is 0.182 e. The molecule has 2 aromatic rings. The predicted molar refractivity (Wildman–Crippen MR) is 83.2 cm³/mol. The van der Waals surface area contributed by atoms with Gasteiger partial charge in [0.25, 0.3) is 0 Å². The molecule has 0 saturated carbocycles. The highest BCUT2D eigenvalue weighted by atomic mass is 35.5. The van der Waals surface area contributed by atoms with Crippen molar-refractivity contribution in [3.05, 3.63) is 58.6 Å². The number of methoxy groups -OCH3 is 1. The van der Waals surface area contributed by atoms with E-state index in [1.807, 2.05) is 0 Å². The molecule has 21 heavy (non-hydrogen) atoms. The summed E-state index contributed by atoms with van der Waals surface area (Å²) >= 11 is 5.84. The van der Waals surface area contributed by atoms with Gasteiger partial charge in [-0.25, -0.2) is 8.42 Å². The Bertz CT molecular complexity index is 744. The van der Waals surface area contributed by atoms with Crippen molar-refractivity contribution >= 4 is 21.4 Å². The molecule has 0 saturated heterocycles. The van der Waals surface area contributed by atoms with Crippen molar-refractivity contribution in [2.24, 2.45) is 5.73 Å². The third-order valence-corrected chi connectivity index (χ3v) is 5.00. The molecule has 0 heterocycles. The summed E-state index contributed by atoms with van der Waals surface area (Å²) < 4.78 is 29.9. The Morgan fingerprint density at radius 1 is 1.19 bits per heavy atom.